The van der Waals surface area contributed by atoms with Crippen LogP contribution in [-0.4, -0.2) is 57.5 Å². The molecule has 1 aliphatic rings. The Balaban J connectivity index is 1.63. The summed E-state index contributed by atoms with van der Waals surface area (Å²) in [6, 6.07) is 5.93. The van der Waals surface area contributed by atoms with Gasteiger partial charge in [-0.25, -0.2) is 4.39 Å². The quantitative estimate of drug-likeness (QED) is 0.601. The molecule has 1 aliphatic heterocycles. The zero-order valence-electron chi connectivity index (χ0n) is 18.0. The van der Waals surface area contributed by atoms with Gasteiger partial charge in [0.1, 0.15) is 5.82 Å². The standard InChI is InChI=1S/C22H26FN5O3/c1-15-18(13-27(2)25-15)20(29)28-11-4-9-22(14-28,10-12-30-3)21-24-19(31-26-21)16-5-7-17(23)8-6-16/h5-8,13H,4,9-12,14H2,1-3H3. The summed E-state index contributed by atoms with van der Waals surface area (Å²) in [4.78, 5) is 19.7. The zero-order valence-corrected chi connectivity index (χ0v) is 18.0. The van der Waals surface area contributed by atoms with Crippen molar-refractivity contribution in [2.24, 2.45) is 7.05 Å². The van der Waals surface area contributed by atoms with Crippen molar-refractivity contribution in [2.45, 2.75) is 31.6 Å². The van der Waals surface area contributed by atoms with Gasteiger partial charge in [0.15, 0.2) is 5.82 Å². The minimum Gasteiger partial charge on any atom is -0.385 e. The molecule has 31 heavy (non-hydrogen) atoms. The van der Waals surface area contributed by atoms with Crippen molar-refractivity contribution in [3.63, 3.8) is 0 Å². The molecule has 1 atom stereocenters. The Bertz CT molecular complexity index is 1060. The number of aryl methyl sites for hydroxylation is 2. The maximum absolute atomic E-state index is 13.3. The Morgan fingerprint density at radius 1 is 1.32 bits per heavy atom. The molecule has 0 bridgehead atoms. The molecule has 0 spiro atoms. The fraction of sp³-hybridized carbons (Fsp3) is 0.455. The van der Waals surface area contributed by atoms with Gasteiger partial charge in [0.25, 0.3) is 11.8 Å². The topological polar surface area (TPSA) is 86.3 Å². The lowest BCUT2D eigenvalue weighted by molar-refractivity contribution is 0.0566. The molecule has 2 aromatic heterocycles. The lowest BCUT2D eigenvalue weighted by Gasteiger charge is -2.40. The van der Waals surface area contributed by atoms with Crippen LogP contribution < -0.4 is 0 Å². The van der Waals surface area contributed by atoms with Crippen LogP contribution >= 0.6 is 0 Å². The third-order valence-corrected chi connectivity index (χ3v) is 5.88. The number of piperidine rings is 1. The highest BCUT2D eigenvalue weighted by atomic mass is 19.1. The molecular weight excluding hydrogens is 401 g/mol. The van der Waals surface area contributed by atoms with Crippen LogP contribution in [0.2, 0.25) is 0 Å². The zero-order chi connectivity index (χ0) is 22.0. The summed E-state index contributed by atoms with van der Waals surface area (Å²) >= 11 is 0. The maximum Gasteiger partial charge on any atom is 0.257 e. The van der Waals surface area contributed by atoms with E-state index in [0.717, 1.165) is 12.8 Å². The molecule has 1 amide bonds. The average Bonchev–Trinajstić information content (AvgIpc) is 3.39. The predicted molar refractivity (Wildman–Crippen MR) is 111 cm³/mol. The lowest BCUT2D eigenvalue weighted by atomic mass is 9.76. The first kappa shape index (κ1) is 21.2. The number of carbonyl (C=O) groups is 1. The largest absolute Gasteiger partial charge is 0.385 e. The van der Waals surface area contributed by atoms with E-state index in [2.05, 4.69) is 15.2 Å². The number of likely N-dealkylation sites (tertiary alicyclic amines) is 1. The third kappa shape index (κ3) is 4.23. The third-order valence-electron chi connectivity index (χ3n) is 5.88. The molecule has 164 valence electrons. The SMILES string of the molecule is COCCC1(c2noc(-c3ccc(F)cc3)n2)CCCN(C(=O)c2cn(C)nc2C)C1. The molecule has 0 saturated carbocycles. The van der Waals surface area contributed by atoms with Crippen LogP contribution in [0.4, 0.5) is 4.39 Å². The van der Waals surface area contributed by atoms with E-state index in [0.29, 0.717) is 54.7 Å². The molecule has 1 aromatic carbocycles. The number of benzene rings is 1. The van der Waals surface area contributed by atoms with Gasteiger partial charge in [0.2, 0.25) is 0 Å². The highest BCUT2D eigenvalue weighted by Crippen LogP contribution is 2.37. The molecule has 0 radical (unpaired) electrons. The molecule has 0 aliphatic carbocycles. The van der Waals surface area contributed by atoms with E-state index in [1.54, 1.807) is 37.2 Å². The summed E-state index contributed by atoms with van der Waals surface area (Å²) in [6.07, 6.45) is 4.04. The number of ether oxygens (including phenoxy) is 1. The van der Waals surface area contributed by atoms with Crippen molar-refractivity contribution in [1.29, 1.82) is 0 Å². The minimum absolute atomic E-state index is 0.0469. The van der Waals surface area contributed by atoms with Gasteiger partial charge in [-0.3, -0.25) is 9.48 Å². The van der Waals surface area contributed by atoms with Crippen molar-refractivity contribution in [3.8, 4) is 11.5 Å². The fourth-order valence-electron chi connectivity index (χ4n) is 4.23. The first-order valence-electron chi connectivity index (χ1n) is 10.3. The van der Waals surface area contributed by atoms with E-state index < -0.39 is 5.41 Å². The van der Waals surface area contributed by atoms with Gasteiger partial charge in [-0.05, 0) is 50.5 Å². The van der Waals surface area contributed by atoms with Crippen LogP contribution in [0.25, 0.3) is 11.5 Å². The minimum atomic E-state index is -0.484. The smallest absolute Gasteiger partial charge is 0.257 e. The van der Waals surface area contributed by atoms with Gasteiger partial charge in [-0.1, -0.05) is 5.16 Å². The Hall–Kier alpha value is -3.07. The maximum atomic E-state index is 13.3. The van der Waals surface area contributed by atoms with Gasteiger partial charge in [-0.15, -0.1) is 0 Å². The molecule has 3 heterocycles. The molecule has 8 nitrogen and oxygen atoms in total. The van der Waals surface area contributed by atoms with Gasteiger partial charge in [-0.2, -0.15) is 10.1 Å². The molecule has 1 unspecified atom stereocenters. The van der Waals surface area contributed by atoms with Crippen LogP contribution in [-0.2, 0) is 17.2 Å². The normalized spacial score (nSPS) is 19.0. The van der Waals surface area contributed by atoms with E-state index in [-0.39, 0.29) is 11.7 Å². The van der Waals surface area contributed by atoms with Crippen molar-refractivity contribution < 1.29 is 18.4 Å². The molecule has 1 fully saturated rings. The number of aromatic nitrogens is 4. The predicted octanol–water partition coefficient (Wildman–Crippen LogP) is 3.13. The number of nitrogens with zero attached hydrogens (tertiary/aromatic N) is 5. The van der Waals surface area contributed by atoms with Crippen molar-refractivity contribution >= 4 is 5.91 Å². The summed E-state index contributed by atoms with van der Waals surface area (Å²) in [7, 11) is 3.46. The highest BCUT2D eigenvalue weighted by Gasteiger charge is 2.42. The first-order valence-corrected chi connectivity index (χ1v) is 10.3. The number of hydrogen-bond acceptors (Lipinski definition) is 6. The van der Waals surface area contributed by atoms with Crippen molar-refractivity contribution in [1.82, 2.24) is 24.8 Å². The summed E-state index contributed by atoms with van der Waals surface area (Å²) in [5.74, 6) is 0.504. The second kappa shape index (κ2) is 8.58. The van der Waals surface area contributed by atoms with Crippen LogP contribution in [0.3, 0.4) is 0 Å². The van der Waals surface area contributed by atoms with Crippen LogP contribution in [0.1, 0.15) is 41.1 Å². The number of halogens is 1. The second-order valence-corrected chi connectivity index (χ2v) is 8.09. The monoisotopic (exact) mass is 427 g/mol. The Labute approximate surface area is 180 Å². The van der Waals surface area contributed by atoms with Crippen molar-refractivity contribution in [3.05, 3.63) is 53.4 Å². The molecular formula is C22H26FN5O3. The van der Waals surface area contributed by atoms with Crippen LogP contribution in [0.15, 0.2) is 35.0 Å². The number of methoxy groups -OCH3 is 1. The van der Waals surface area contributed by atoms with E-state index in [1.807, 2.05) is 11.8 Å². The van der Waals surface area contributed by atoms with E-state index in [4.69, 9.17) is 9.26 Å². The van der Waals surface area contributed by atoms with Gasteiger partial charge in [0, 0.05) is 45.6 Å². The van der Waals surface area contributed by atoms with E-state index >= 15 is 0 Å². The summed E-state index contributed by atoms with van der Waals surface area (Å²) in [6.45, 7) is 3.47. The Morgan fingerprint density at radius 3 is 2.77 bits per heavy atom. The average molecular weight is 427 g/mol. The molecule has 4 rings (SSSR count). The van der Waals surface area contributed by atoms with Crippen molar-refractivity contribution in [2.75, 3.05) is 26.8 Å². The first-order chi connectivity index (χ1) is 14.9. The van der Waals surface area contributed by atoms with Gasteiger partial charge >= 0.3 is 0 Å². The number of amides is 1. The van der Waals surface area contributed by atoms with Crippen LogP contribution in [0, 0.1) is 12.7 Å². The lowest BCUT2D eigenvalue weighted by Crippen LogP contribution is -2.49. The van der Waals surface area contributed by atoms with Gasteiger partial charge < -0.3 is 14.2 Å². The summed E-state index contributed by atoms with van der Waals surface area (Å²) in [5, 5.41) is 8.56. The Kier molecular flexibility index (Phi) is 5.86. The number of hydrogen-bond donors (Lipinski definition) is 0. The van der Waals surface area contributed by atoms with E-state index in [1.165, 1.54) is 12.1 Å². The Morgan fingerprint density at radius 2 is 2.10 bits per heavy atom. The molecule has 1 saturated heterocycles. The molecule has 3 aromatic rings. The van der Waals surface area contributed by atoms with E-state index in [9.17, 15) is 9.18 Å². The number of carbonyl (C=O) groups excluding carboxylic acids is 1. The second-order valence-electron chi connectivity index (χ2n) is 8.09. The van der Waals surface area contributed by atoms with Crippen LogP contribution in [0.5, 0.6) is 0 Å². The van der Waals surface area contributed by atoms with Gasteiger partial charge in [0.05, 0.1) is 16.7 Å². The highest BCUT2D eigenvalue weighted by molar-refractivity contribution is 5.95. The molecule has 9 heteroatoms. The number of rotatable bonds is 6. The fourth-order valence-corrected chi connectivity index (χ4v) is 4.23. The summed E-state index contributed by atoms with van der Waals surface area (Å²) in [5.41, 5.74) is 1.47. The molecule has 0 N–H and O–H groups in total. The summed E-state index contributed by atoms with van der Waals surface area (Å²) < 4.78 is 25.8.